The number of benzene rings is 2. The molecule has 0 radical (unpaired) electrons. The second kappa shape index (κ2) is 10.2. The fraction of sp³-hybridized carbons (Fsp3) is 0.0357. The number of nitrogens with zero attached hydrogens (tertiary/aromatic N) is 2. The van der Waals surface area contributed by atoms with Crippen LogP contribution in [0.1, 0.15) is 11.5 Å². The van der Waals surface area contributed by atoms with Gasteiger partial charge in [-0.15, -0.1) is 11.3 Å². The molecule has 0 saturated heterocycles. The van der Waals surface area contributed by atoms with Gasteiger partial charge in [0.2, 0.25) is 0 Å². The highest BCUT2D eigenvalue weighted by Crippen LogP contribution is 2.22. The zero-order valence-corrected chi connectivity index (χ0v) is 19.7. The van der Waals surface area contributed by atoms with Crippen LogP contribution in [0.3, 0.4) is 0 Å². The molecule has 0 aliphatic rings. The van der Waals surface area contributed by atoms with E-state index in [-0.39, 0.29) is 22.3 Å². The number of rotatable bonds is 6. The molecule has 0 bridgehead atoms. The van der Waals surface area contributed by atoms with E-state index in [4.69, 9.17) is 8.83 Å². The highest BCUT2D eigenvalue weighted by molar-refractivity contribution is 7.07. The monoisotopic (exact) mass is 493 g/mol. The van der Waals surface area contributed by atoms with Crippen LogP contribution in [0.5, 0.6) is 0 Å². The lowest BCUT2D eigenvalue weighted by molar-refractivity contribution is -0.115. The molecule has 5 rings (SSSR count). The fourth-order valence-electron chi connectivity index (χ4n) is 3.64. The normalized spacial score (nSPS) is 12.2. The molecule has 2 aromatic carbocycles. The van der Waals surface area contributed by atoms with Gasteiger partial charge in [0.15, 0.2) is 5.57 Å². The number of para-hydroxylation sites is 1. The Balaban J connectivity index is 1.63. The summed E-state index contributed by atoms with van der Waals surface area (Å²) in [6.45, 7) is 0.117. The molecule has 0 fully saturated rings. The van der Waals surface area contributed by atoms with Crippen LogP contribution >= 0.6 is 11.3 Å². The van der Waals surface area contributed by atoms with Crippen LogP contribution in [0.2, 0.25) is 0 Å². The predicted octanol–water partition coefficient (Wildman–Crippen LogP) is 3.57. The second-order valence-corrected chi connectivity index (χ2v) is 8.74. The minimum absolute atomic E-state index is 0.117. The molecule has 0 saturated carbocycles. The minimum atomic E-state index is -0.601. The van der Waals surface area contributed by atoms with Gasteiger partial charge in [-0.05, 0) is 36.4 Å². The molecule has 0 aliphatic heterocycles. The molecule has 0 aliphatic carbocycles. The molecular weight excluding hydrogens is 474 g/mol. The summed E-state index contributed by atoms with van der Waals surface area (Å²) >= 11 is 1.06. The average molecular weight is 494 g/mol. The van der Waals surface area contributed by atoms with Crippen molar-refractivity contribution in [2.75, 3.05) is 0 Å². The first-order valence-corrected chi connectivity index (χ1v) is 11.8. The predicted molar refractivity (Wildman–Crippen MR) is 136 cm³/mol. The second-order valence-electron chi connectivity index (χ2n) is 7.71. The average Bonchev–Trinajstić information content (AvgIpc) is 3.66. The number of carbonyl (C=O) groups is 1. The standard InChI is InChI=1S/C28H19N3O4S/c29-17-23(26(32)30-18-22-12-7-15-34-22)28-31(20-10-5-2-6-11-20)27(33)25(36-28)16-21-13-14-24(35-21)19-8-3-1-4-9-19/h1-16H,18H2,(H,30,32)/b25-16-,28-23-. The van der Waals surface area contributed by atoms with Crippen LogP contribution in [0, 0.1) is 11.3 Å². The molecule has 1 amide bonds. The topological polar surface area (TPSA) is 101 Å². The van der Waals surface area contributed by atoms with Crippen molar-refractivity contribution in [3.63, 3.8) is 0 Å². The number of nitrogens with one attached hydrogen (secondary N) is 1. The van der Waals surface area contributed by atoms with Gasteiger partial charge in [-0.2, -0.15) is 5.26 Å². The van der Waals surface area contributed by atoms with Crippen molar-refractivity contribution in [1.82, 2.24) is 9.88 Å². The van der Waals surface area contributed by atoms with Gasteiger partial charge in [0.05, 0.1) is 23.0 Å². The molecule has 5 aromatic rings. The maximum Gasteiger partial charge on any atom is 0.273 e. The molecule has 8 heteroatoms. The number of thiazole rings is 1. The van der Waals surface area contributed by atoms with Crippen LogP contribution in [0.4, 0.5) is 0 Å². The van der Waals surface area contributed by atoms with Crippen molar-refractivity contribution in [2.45, 2.75) is 6.54 Å². The van der Waals surface area contributed by atoms with E-state index in [0.29, 0.717) is 27.5 Å². The number of hydrogen-bond acceptors (Lipinski definition) is 6. The van der Waals surface area contributed by atoms with Crippen LogP contribution < -0.4 is 20.1 Å². The Morgan fingerprint density at radius 1 is 1.00 bits per heavy atom. The summed E-state index contributed by atoms with van der Waals surface area (Å²) in [7, 11) is 0. The van der Waals surface area contributed by atoms with E-state index < -0.39 is 5.91 Å². The summed E-state index contributed by atoms with van der Waals surface area (Å²) in [5, 5.41) is 12.6. The van der Waals surface area contributed by atoms with Crippen molar-refractivity contribution >= 4 is 28.9 Å². The molecule has 1 N–H and O–H groups in total. The Morgan fingerprint density at radius 3 is 2.44 bits per heavy atom. The van der Waals surface area contributed by atoms with Gasteiger partial charge in [-0.3, -0.25) is 14.2 Å². The molecule has 0 atom stereocenters. The van der Waals surface area contributed by atoms with Gasteiger partial charge >= 0.3 is 0 Å². The van der Waals surface area contributed by atoms with E-state index in [1.54, 1.807) is 48.5 Å². The van der Waals surface area contributed by atoms with E-state index in [1.165, 1.54) is 10.8 Å². The number of aromatic nitrogens is 1. The molecule has 3 aromatic heterocycles. The van der Waals surface area contributed by atoms with Crippen LogP contribution in [0.15, 0.2) is 105 Å². The maximum atomic E-state index is 13.5. The summed E-state index contributed by atoms with van der Waals surface area (Å²) in [6, 6.07) is 27.5. The Morgan fingerprint density at radius 2 is 1.75 bits per heavy atom. The molecule has 3 heterocycles. The van der Waals surface area contributed by atoms with Gasteiger partial charge in [-0.25, -0.2) is 0 Å². The minimum Gasteiger partial charge on any atom is -0.467 e. The summed E-state index contributed by atoms with van der Waals surface area (Å²) in [4.78, 5) is 26.4. The van der Waals surface area contributed by atoms with Crippen molar-refractivity contribution in [2.24, 2.45) is 0 Å². The Labute approximate surface area is 209 Å². The Kier molecular flexibility index (Phi) is 6.47. The largest absolute Gasteiger partial charge is 0.467 e. The highest BCUT2D eigenvalue weighted by atomic mass is 32.1. The zero-order chi connectivity index (χ0) is 24.9. The lowest BCUT2D eigenvalue weighted by atomic mass is 10.2. The van der Waals surface area contributed by atoms with Crippen LogP contribution in [-0.4, -0.2) is 10.5 Å². The number of carbonyl (C=O) groups excluding carboxylic acids is 1. The first kappa shape index (κ1) is 22.9. The number of hydrogen-bond donors (Lipinski definition) is 1. The van der Waals surface area contributed by atoms with Gasteiger partial charge in [0.25, 0.3) is 11.5 Å². The van der Waals surface area contributed by atoms with Crippen molar-refractivity contribution in [1.29, 1.82) is 5.26 Å². The summed E-state index contributed by atoms with van der Waals surface area (Å²) in [5.41, 5.74) is 0.936. The number of nitriles is 1. The SMILES string of the molecule is N#C/C(C(=O)NCc1ccco1)=c1/s/c(=C\c2ccc(-c3ccccc3)o2)c(=O)n1-c1ccccc1. The van der Waals surface area contributed by atoms with E-state index in [2.05, 4.69) is 5.32 Å². The smallest absolute Gasteiger partial charge is 0.273 e. The van der Waals surface area contributed by atoms with E-state index in [0.717, 1.165) is 16.9 Å². The molecule has 0 spiro atoms. The molecule has 0 unspecified atom stereocenters. The molecule has 7 nitrogen and oxygen atoms in total. The molecular formula is C28H19N3O4S. The number of furan rings is 2. The first-order valence-electron chi connectivity index (χ1n) is 11.0. The van der Waals surface area contributed by atoms with Crippen molar-refractivity contribution in [3.8, 4) is 23.1 Å². The zero-order valence-electron chi connectivity index (χ0n) is 18.9. The number of amides is 1. The third kappa shape index (κ3) is 4.69. The van der Waals surface area contributed by atoms with Crippen molar-refractivity contribution in [3.05, 3.63) is 122 Å². The maximum absolute atomic E-state index is 13.5. The van der Waals surface area contributed by atoms with Crippen LogP contribution in [-0.2, 0) is 11.3 Å². The summed E-state index contributed by atoms with van der Waals surface area (Å²) in [6.07, 6.45) is 3.13. The third-order valence-corrected chi connectivity index (χ3v) is 6.44. The van der Waals surface area contributed by atoms with Gasteiger partial charge < -0.3 is 14.2 Å². The van der Waals surface area contributed by atoms with Gasteiger partial charge in [0, 0.05) is 11.6 Å². The van der Waals surface area contributed by atoms with Gasteiger partial charge in [0.1, 0.15) is 28.0 Å². The van der Waals surface area contributed by atoms with E-state index >= 15 is 0 Å². The van der Waals surface area contributed by atoms with E-state index in [1.807, 2.05) is 48.5 Å². The summed E-state index contributed by atoms with van der Waals surface area (Å²) < 4.78 is 13.1. The lowest BCUT2D eigenvalue weighted by Crippen LogP contribution is -2.33. The van der Waals surface area contributed by atoms with Crippen molar-refractivity contribution < 1.29 is 13.6 Å². The molecule has 36 heavy (non-hydrogen) atoms. The lowest BCUT2D eigenvalue weighted by Gasteiger charge is -2.04. The highest BCUT2D eigenvalue weighted by Gasteiger charge is 2.17. The summed E-state index contributed by atoms with van der Waals surface area (Å²) in [5.74, 6) is 1.10. The van der Waals surface area contributed by atoms with Crippen LogP contribution in [0.25, 0.3) is 28.7 Å². The van der Waals surface area contributed by atoms with Gasteiger partial charge in [-0.1, -0.05) is 48.5 Å². The van der Waals surface area contributed by atoms with E-state index in [9.17, 15) is 14.9 Å². The first-order chi connectivity index (χ1) is 17.6. The quantitative estimate of drug-likeness (QED) is 0.390. The molecule has 176 valence electrons. The third-order valence-electron chi connectivity index (χ3n) is 5.35. The Bertz CT molecular complexity index is 1720. The Hall–Kier alpha value is -4.87. The fourth-order valence-corrected chi connectivity index (χ4v) is 4.73.